The summed E-state index contributed by atoms with van der Waals surface area (Å²) in [7, 11) is -3.78. The molecule has 0 saturated carbocycles. The fourth-order valence-corrected chi connectivity index (χ4v) is 2.23. The number of sulfonamides is 1. The van der Waals surface area contributed by atoms with Crippen LogP contribution in [0.3, 0.4) is 0 Å². The number of ether oxygens (including phenoxy) is 2. The fourth-order valence-electron chi connectivity index (χ4n) is 1.63. The zero-order chi connectivity index (χ0) is 12.5. The molecule has 2 rings (SSSR count). The molecule has 0 aromatic carbocycles. The normalized spacial score (nSPS) is 19.8. The molecule has 1 aliphatic heterocycles. The first-order valence-corrected chi connectivity index (χ1v) is 6.90. The Bertz CT molecular complexity index is 496. The van der Waals surface area contributed by atoms with Crippen LogP contribution in [0.4, 0.5) is 0 Å². The fraction of sp³-hybridized carbons (Fsp3) is 0.667. The van der Waals surface area contributed by atoms with Gasteiger partial charge in [0.05, 0.1) is 12.7 Å². The van der Waals surface area contributed by atoms with Gasteiger partial charge in [0.25, 0.3) is 0 Å². The van der Waals surface area contributed by atoms with Crippen LogP contribution in [0.25, 0.3) is 0 Å². The van der Waals surface area contributed by atoms with Gasteiger partial charge < -0.3 is 9.47 Å². The van der Waals surface area contributed by atoms with Crippen LogP contribution in [-0.2, 0) is 21.3 Å². The van der Waals surface area contributed by atoms with Crippen LogP contribution in [0.5, 0.6) is 5.88 Å². The Morgan fingerprint density at radius 2 is 2.47 bits per heavy atom. The largest absolute Gasteiger partial charge is 0.474 e. The standard InChI is InChI=1S/C9H15N3O4S/c1-2-3-15-7-5-12-9(16-6-7)8(4-11-12)17(10,13)14/h4,7H,2-3,5-6H2,1H3,(H2,10,13,14). The summed E-state index contributed by atoms with van der Waals surface area (Å²) < 4.78 is 34.8. The lowest BCUT2D eigenvalue weighted by molar-refractivity contribution is -0.0132. The SMILES string of the molecule is CCCOC1COc2c(S(N)(=O)=O)cnn2C1. The Labute approximate surface area is 99.6 Å². The number of primary sulfonamides is 1. The van der Waals surface area contributed by atoms with Gasteiger partial charge in [-0.1, -0.05) is 6.92 Å². The van der Waals surface area contributed by atoms with Gasteiger partial charge in [0.1, 0.15) is 12.7 Å². The zero-order valence-electron chi connectivity index (χ0n) is 9.50. The summed E-state index contributed by atoms with van der Waals surface area (Å²) in [4.78, 5) is -0.0774. The van der Waals surface area contributed by atoms with Crippen molar-refractivity contribution in [2.45, 2.75) is 30.9 Å². The topological polar surface area (TPSA) is 96.4 Å². The van der Waals surface area contributed by atoms with Crippen molar-refractivity contribution in [1.82, 2.24) is 9.78 Å². The molecule has 2 heterocycles. The Balaban J connectivity index is 2.16. The van der Waals surface area contributed by atoms with Crippen molar-refractivity contribution < 1.29 is 17.9 Å². The molecule has 96 valence electrons. The highest BCUT2D eigenvalue weighted by molar-refractivity contribution is 7.89. The zero-order valence-corrected chi connectivity index (χ0v) is 10.3. The summed E-state index contributed by atoms with van der Waals surface area (Å²) in [5.41, 5.74) is 0. The molecule has 0 amide bonds. The average molecular weight is 261 g/mol. The first-order valence-electron chi connectivity index (χ1n) is 5.35. The summed E-state index contributed by atoms with van der Waals surface area (Å²) in [6.07, 6.45) is 2.02. The highest BCUT2D eigenvalue weighted by atomic mass is 32.2. The molecule has 0 spiro atoms. The van der Waals surface area contributed by atoms with Crippen molar-refractivity contribution in [3.05, 3.63) is 6.20 Å². The van der Waals surface area contributed by atoms with Crippen LogP contribution in [0.2, 0.25) is 0 Å². The minimum atomic E-state index is -3.78. The molecular weight excluding hydrogens is 246 g/mol. The number of aromatic nitrogens is 2. The molecule has 2 N–H and O–H groups in total. The molecule has 7 nitrogen and oxygen atoms in total. The van der Waals surface area contributed by atoms with E-state index in [0.29, 0.717) is 19.8 Å². The first kappa shape index (κ1) is 12.3. The molecule has 1 aliphatic rings. The van der Waals surface area contributed by atoms with E-state index in [1.165, 1.54) is 10.9 Å². The van der Waals surface area contributed by atoms with Gasteiger partial charge in [-0.15, -0.1) is 0 Å². The lowest BCUT2D eigenvalue weighted by atomic mass is 10.3. The summed E-state index contributed by atoms with van der Waals surface area (Å²) in [5, 5.41) is 8.98. The summed E-state index contributed by atoms with van der Waals surface area (Å²) in [5.74, 6) is 0.198. The Morgan fingerprint density at radius 1 is 1.71 bits per heavy atom. The van der Waals surface area contributed by atoms with Gasteiger partial charge in [-0.25, -0.2) is 18.2 Å². The number of fused-ring (bicyclic) bond motifs is 1. The molecule has 1 aromatic heterocycles. The number of hydrogen-bond acceptors (Lipinski definition) is 5. The average Bonchev–Trinajstić information content (AvgIpc) is 2.68. The molecule has 17 heavy (non-hydrogen) atoms. The van der Waals surface area contributed by atoms with Gasteiger partial charge >= 0.3 is 0 Å². The molecule has 0 saturated heterocycles. The van der Waals surface area contributed by atoms with Crippen LogP contribution in [0.15, 0.2) is 11.1 Å². The molecule has 0 aliphatic carbocycles. The maximum absolute atomic E-state index is 11.2. The monoisotopic (exact) mass is 261 g/mol. The van der Waals surface area contributed by atoms with E-state index in [9.17, 15) is 8.42 Å². The maximum atomic E-state index is 11.2. The molecule has 0 bridgehead atoms. The van der Waals surface area contributed by atoms with Gasteiger partial charge in [0.15, 0.2) is 4.90 Å². The van der Waals surface area contributed by atoms with E-state index >= 15 is 0 Å². The van der Waals surface area contributed by atoms with Crippen molar-refractivity contribution in [3.8, 4) is 5.88 Å². The Hall–Kier alpha value is -1.12. The third-order valence-electron chi connectivity index (χ3n) is 2.41. The van der Waals surface area contributed by atoms with Crippen molar-refractivity contribution in [3.63, 3.8) is 0 Å². The van der Waals surface area contributed by atoms with Crippen LogP contribution < -0.4 is 9.88 Å². The van der Waals surface area contributed by atoms with Crippen molar-refractivity contribution >= 4 is 10.0 Å². The number of nitrogens with zero attached hydrogens (tertiary/aromatic N) is 2. The van der Waals surface area contributed by atoms with Gasteiger partial charge in [0.2, 0.25) is 15.9 Å². The molecule has 0 fully saturated rings. The number of hydrogen-bond donors (Lipinski definition) is 1. The quantitative estimate of drug-likeness (QED) is 0.804. The van der Waals surface area contributed by atoms with E-state index in [4.69, 9.17) is 14.6 Å². The predicted octanol–water partition coefficient (Wildman–Crippen LogP) is -0.282. The second-order valence-electron chi connectivity index (χ2n) is 3.84. The van der Waals surface area contributed by atoms with Gasteiger partial charge in [-0.3, -0.25) is 0 Å². The number of nitrogens with two attached hydrogens (primary N) is 1. The number of rotatable bonds is 4. The minimum Gasteiger partial charge on any atom is -0.474 e. The van der Waals surface area contributed by atoms with Crippen molar-refractivity contribution in [2.75, 3.05) is 13.2 Å². The summed E-state index contributed by atoms with van der Waals surface area (Å²) in [6, 6.07) is 0. The van der Waals surface area contributed by atoms with Crippen LogP contribution in [-0.4, -0.2) is 37.5 Å². The second kappa shape index (κ2) is 4.63. The van der Waals surface area contributed by atoms with E-state index in [1.54, 1.807) is 0 Å². The maximum Gasteiger partial charge on any atom is 0.245 e. The van der Waals surface area contributed by atoms with Crippen molar-refractivity contribution in [1.29, 1.82) is 0 Å². The van der Waals surface area contributed by atoms with Crippen LogP contribution in [0.1, 0.15) is 13.3 Å². The van der Waals surface area contributed by atoms with E-state index in [0.717, 1.165) is 6.42 Å². The van der Waals surface area contributed by atoms with Crippen LogP contribution in [0, 0.1) is 0 Å². The molecular formula is C9H15N3O4S. The molecule has 1 atom stereocenters. The highest BCUT2D eigenvalue weighted by Crippen LogP contribution is 2.26. The molecule has 8 heteroatoms. The van der Waals surface area contributed by atoms with Gasteiger partial charge in [-0.05, 0) is 6.42 Å². The smallest absolute Gasteiger partial charge is 0.245 e. The third kappa shape index (κ3) is 2.59. The summed E-state index contributed by atoms with van der Waals surface area (Å²) >= 11 is 0. The van der Waals surface area contributed by atoms with Crippen molar-refractivity contribution in [2.24, 2.45) is 5.14 Å². The first-order chi connectivity index (χ1) is 8.02. The molecule has 1 unspecified atom stereocenters. The third-order valence-corrected chi connectivity index (χ3v) is 3.30. The van der Waals surface area contributed by atoms with E-state index in [-0.39, 0.29) is 16.9 Å². The lowest BCUT2D eigenvalue weighted by Crippen LogP contribution is -2.33. The highest BCUT2D eigenvalue weighted by Gasteiger charge is 2.27. The summed E-state index contributed by atoms with van der Waals surface area (Å²) in [6.45, 7) is 3.45. The Kier molecular flexibility index (Phi) is 3.36. The van der Waals surface area contributed by atoms with E-state index in [2.05, 4.69) is 5.10 Å². The predicted molar refractivity (Wildman–Crippen MR) is 59.1 cm³/mol. The molecule has 1 aromatic rings. The van der Waals surface area contributed by atoms with Gasteiger partial charge in [-0.2, -0.15) is 5.10 Å². The van der Waals surface area contributed by atoms with Gasteiger partial charge in [0, 0.05) is 6.61 Å². The second-order valence-corrected chi connectivity index (χ2v) is 5.37. The lowest BCUT2D eigenvalue weighted by Gasteiger charge is -2.24. The minimum absolute atomic E-state index is 0.0774. The Morgan fingerprint density at radius 3 is 3.12 bits per heavy atom. The van der Waals surface area contributed by atoms with E-state index < -0.39 is 10.0 Å². The van der Waals surface area contributed by atoms with E-state index in [1.807, 2.05) is 6.92 Å². The molecule has 0 radical (unpaired) electrons. The van der Waals surface area contributed by atoms with Crippen LogP contribution >= 0.6 is 0 Å².